The van der Waals surface area contributed by atoms with Crippen molar-refractivity contribution in [2.75, 3.05) is 32.7 Å². The van der Waals surface area contributed by atoms with Crippen LogP contribution in [-0.2, 0) is 11.3 Å². The highest BCUT2D eigenvalue weighted by Crippen LogP contribution is 2.20. The monoisotopic (exact) mass is 441 g/mol. The van der Waals surface area contributed by atoms with Gasteiger partial charge in [-0.25, -0.2) is 0 Å². The van der Waals surface area contributed by atoms with Crippen molar-refractivity contribution >= 4 is 23.4 Å². The maximum atomic E-state index is 13.2. The van der Waals surface area contributed by atoms with E-state index in [1.54, 1.807) is 12.1 Å². The Morgan fingerprint density at radius 1 is 0.935 bits per heavy atom. The summed E-state index contributed by atoms with van der Waals surface area (Å²) < 4.78 is 0. The molecular formula is C25H32ClN3O2. The fraction of sp³-hybridized carbons (Fsp3) is 0.440. The second kappa shape index (κ2) is 10.3. The molecule has 2 amide bonds. The molecule has 1 heterocycles. The molecule has 2 aromatic rings. The molecule has 2 aromatic carbocycles. The highest BCUT2D eigenvalue weighted by atomic mass is 35.5. The zero-order valence-electron chi connectivity index (χ0n) is 18.7. The Balaban J connectivity index is 1.62. The van der Waals surface area contributed by atoms with E-state index in [2.05, 4.69) is 37.8 Å². The van der Waals surface area contributed by atoms with Crippen LogP contribution in [0.3, 0.4) is 0 Å². The lowest BCUT2D eigenvalue weighted by atomic mass is 10.0. The Morgan fingerprint density at radius 2 is 1.61 bits per heavy atom. The van der Waals surface area contributed by atoms with Crippen LogP contribution in [0.4, 0.5) is 0 Å². The summed E-state index contributed by atoms with van der Waals surface area (Å²) in [6, 6.07) is 17.3. The first-order valence-corrected chi connectivity index (χ1v) is 11.2. The molecule has 6 heteroatoms. The standard InChI is InChI=1S/C25H32ClN3O2/c1-25(2,3)29(18-20-10-5-4-6-11-20)23(30)19-27-14-9-15-28(17-16-27)24(31)21-12-7-8-13-22(21)26/h4-8,10-13H,9,14-19H2,1-3H3. The van der Waals surface area contributed by atoms with Gasteiger partial charge in [0.05, 0.1) is 17.1 Å². The summed E-state index contributed by atoms with van der Waals surface area (Å²) in [5.41, 5.74) is 1.39. The van der Waals surface area contributed by atoms with E-state index in [0.29, 0.717) is 43.3 Å². The highest BCUT2D eigenvalue weighted by Gasteiger charge is 2.29. The summed E-state index contributed by atoms with van der Waals surface area (Å²) in [7, 11) is 0. The van der Waals surface area contributed by atoms with Gasteiger partial charge in [-0.15, -0.1) is 0 Å². The quantitative estimate of drug-likeness (QED) is 0.694. The van der Waals surface area contributed by atoms with Gasteiger partial charge in [0.2, 0.25) is 5.91 Å². The number of amides is 2. The first-order chi connectivity index (χ1) is 14.8. The number of hydrogen-bond donors (Lipinski definition) is 0. The molecule has 0 spiro atoms. The van der Waals surface area contributed by atoms with Gasteiger partial charge >= 0.3 is 0 Å². The Bertz CT molecular complexity index is 895. The van der Waals surface area contributed by atoms with Crippen molar-refractivity contribution in [2.24, 2.45) is 0 Å². The zero-order chi connectivity index (χ0) is 22.4. The summed E-state index contributed by atoms with van der Waals surface area (Å²) in [6.07, 6.45) is 0.831. The molecule has 0 radical (unpaired) electrons. The molecule has 1 saturated heterocycles. The average molecular weight is 442 g/mol. The third kappa shape index (κ3) is 6.31. The van der Waals surface area contributed by atoms with Crippen LogP contribution in [0.15, 0.2) is 54.6 Å². The number of carbonyl (C=O) groups is 2. The van der Waals surface area contributed by atoms with E-state index in [1.165, 1.54) is 0 Å². The smallest absolute Gasteiger partial charge is 0.255 e. The van der Waals surface area contributed by atoms with Crippen LogP contribution < -0.4 is 0 Å². The molecule has 0 unspecified atom stereocenters. The van der Waals surface area contributed by atoms with E-state index in [1.807, 2.05) is 40.1 Å². The first kappa shape index (κ1) is 23.3. The number of hydrogen-bond acceptors (Lipinski definition) is 3. The van der Waals surface area contributed by atoms with Crippen molar-refractivity contribution in [2.45, 2.75) is 39.3 Å². The average Bonchev–Trinajstić information content (AvgIpc) is 2.97. The van der Waals surface area contributed by atoms with Gasteiger partial charge in [-0.05, 0) is 44.9 Å². The van der Waals surface area contributed by atoms with E-state index < -0.39 is 0 Å². The molecule has 0 aliphatic carbocycles. The topological polar surface area (TPSA) is 43.9 Å². The lowest BCUT2D eigenvalue weighted by molar-refractivity contribution is -0.138. The number of rotatable bonds is 5. The second-order valence-corrected chi connectivity index (χ2v) is 9.45. The summed E-state index contributed by atoms with van der Waals surface area (Å²) >= 11 is 6.21. The summed E-state index contributed by atoms with van der Waals surface area (Å²) in [5.74, 6) is 0.0707. The van der Waals surface area contributed by atoms with Crippen LogP contribution in [0.2, 0.25) is 5.02 Å². The van der Waals surface area contributed by atoms with Crippen LogP contribution >= 0.6 is 11.6 Å². The Labute approximate surface area is 190 Å². The summed E-state index contributed by atoms with van der Waals surface area (Å²) in [4.78, 5) is 32.1. The molecule has 0 saturated carbocycles. The largest absolute Gasteiger partial charge is 0.337 e. The second-order valence-electron chi connectivity index (χ2n) is 9.04. The van der Waals surface area contributed by atoms with E-state index in [0.717, 1.165) is 18.5 Å². The van der Waals surface area contributed by atoms with Gasteiger partial charge in [0, 0.05) is 38.3 Å². The normalized spacial score (nSPS) is 15.4. The maximum absolute atomic E-state index is 13.2. The van der Waals surface area contributed by atoms with E-state index >= 15 is 0 Å². The molecule has 0 bridgehead atoms. The molecule has 0 atom stereocenters. The van der Waals surface area contributed by atoms with Gasteiger partial charge in [0.1, 0.15) is 0 Å². The minimum Gasteiger partial charge on any atom is -0.337 e. The fourth-order valence-electron chi connectivity index (χ4n) is 3.88. The Kier molecular flexibility index (Phi) is 7.74. The van der Waals surface area contributed by atoms with Gasteiger partial charge in [0.25, 0.3) is 5.91 Å². The van der Waals surface area contributed by atoms with Crippen LogP contribution in [0.1, 0.15) is 43.1 Å². The molecule has 1 aliphatic rings. The SMILES string of the molecule is CC(C)(C)N(Cc1ccccc1)C(=O)CN1CCCN(C(=O)c2ccccc2Cl)CC1. The van der Waals surface area contributed by atoms with Gasteiger partial charge in [-0.3, -0.25) is 14.5 Å². The van der Waals surface area contributed by atoms with Crippen LogP contribution in [0, 0.1) is 0 Å². The molecule has 1 fully saturated rings. The van der Waals surface area contributed by atoms with Gasteiger partial charge in [-0.1, -0.05) is 54.1 Å². The van der Waals surface area contributed by atoms with E-state index in [-0.39, 0.29) is 17.4 Å². The predicted octanol–water partition coefficient (Wildman–Crippen LogP) is 4.32. The van der Waals surface area contributed by atoms with Gasteiger partial charge < -0.3 is 9.80 Å². The molecular weight excluding hydrogens is 410 g/mol. The number of carbonyl (C=O) groups excluding carboxylic acids is 2. The fourth-order valence-corrected chi connectivity index (χ4v) is 4.10. The molecule has 1 aliphatic heterocycles. The first-order valence-electron chi connectivity index (χ1n) is 10.9. The lowest BCUT2D eigenvalue weighted by Crippen LogP contribution is -2.49. The summed E-state index contributed by atoms with van der Waals surface area (Å²) in [6.45, 7) is 9.88. The minimum absolute atomic E-state index is 0.0424. The molecule has 0 aromatic heterocycles. The van der Waals surface area contributed by atoms with Crippen molar-refractivity contribution < 1.29 is 9.59 Å². The van der Waals surface area contributed by atoms with E-state index in [4.69, 9.17) is 11.6 Å². The van der Waals surface area contributed by atoms with Crippen LogP contribution in [0.25, 0.3) is 0 Å². The van der Waals surface area contributed by atoms with Gasteiger partial charge in [-0.2, -0.15) is 0 Å². The molecule has 166 valence electrons. The van der Waals surface area contributed by atoms with Crippen molar-refractivity contribution in [3.8, 4) is 0 Å². The predicted molar refractivity (Wildman–Crippen MR) is 125 cm³/mol. The molecule has 0 N–H and O–H groups in total. The third-order valence-corrected chi connectivity index (χ3v) is 5.96. The maximum Gasteiger partial charge on any atom is 0.255 e. The number of nitrogens with zero attached hydrogens (tertiary/aromatic N) is 3. The molecule has 31 heavy (non-hydrogen) atoms. The molecule has 3 rings (SSSR count). The Morgan fingerprint density at radius 3 is 2.29 bits per heavy atom. The lowest BCUT2D eigenvalue weighted by Gasteiger charge is -2.37. The van der Waals surface area contributed by atoms with E-state index in [9.17, 15) is 9.59 Å². The van der Waals surface area contributed by atoms with Crippen LogP contribution in [-0.4, -0.2) is 64.8 Å². The highest BCUT2D eigenvalue weighted by molar-refractivity contribution is 6.33. The van der Waals surface area contributed by atoms with Crippen molar-refractivity contribution in [1.29, 1.82) is 0 Å². The van der Waals surface area contributed by atoms with Gasteiger partial charge in [0.15, 0.2) is 0 Å². The number of benzene rings is 2. The van der Waals surface area contributed by atoms with Crippen LogP contribution in [0.5, 0.6) is 0 Å². The Hall–Kier alpha value is -2.37. The number of halogens is 1. The van der Waals surface area contributed by atoms with Crippen molar-refractivity contribution in [3.05, 3.63) is 70.7 Å². The third-order valence-electron chi connectivity index (χ3n) is 5.63. The zero-order valence-corrected chi connectivity index (χ0v) is 19.4. The summed E-state index contributed by atoms with van der Waals surface area (Å²) in [5, 5.41) is 0.477. The molecule has 5 nitrogen and oxygen atoms in total. The minimum atomic E-state index is -0.273. The van der Waals surface area contributed by atoms with Crippen molar-refractivity contribution in [1.82, 2.24) is 14.7 Å². The van der Waals surface area contributed by atoms with Crippen molar-refractivity contribution in [3.63, 3.8) is 0 Å².